The standard InChI is InChI=1S/C11H12O/c1-3-8-12-11-7-5-6-10(4-2)9-11/h5-7,9H,4H2,1-2H3. The van der Waals surface area contributed by atoms with Gasteiger partial charge in [0.15, 0.2) is 0 Å². The van der Waals surface area contributed by atoms with Crippen molar-refractivity contribution in [1.29, 1.82) is 0 Å². The zero-order chi connectivity index (χ0) is 8.81. The van der Waals surface area contributed by atoms with Gasteiger partial charge in [-0.05, 0) is 24.1 Å². The second-order valence-electron chi connectivity index (χ2n) is 2.46. The van der Waals surface area contributed by atoms with Gasteiger partial charge in [0, 0.05) is 6.92 Å². The van der Waals surface area contributed by atoms with Crippen LogP contribution in [0.5, 0.6) is 5.75 Å². The lowest BCUT2D eigenvalue weighted by Gasteiger charge is -1.99. The summed E-state index contributed by atoms with van der Waals surface area (Å²) in [5.74, 6) is 3.50. The molecule has 0 radical (unpaired) electrons. The molecule has 0 aliphatic rings. The smallest absolute Gasteiger partial charge is 0.140 e. The van der Waals surface area contributed by atoms with Crippen LogP contribution < -0.4 is 4.74 Å². The summed E-state index contributed by atoms with van der Waals surface area (Å²) >= 11 is 0. The molecule has 1 aromatic rings. The lowest BCUT2D eigenvalue weighted by molar-refractivity contribution is 0.518. The molecule has 0 unspecified atom stereocenters. The predicted octanol–water partition coefficient (Wildman–Crippen LogP) is 2.61. The van der Waals surface area contributed by atoms with E-state index >= 15 is 0 Å². The summed E-state index contributed by atoms with van der Waals surface area (Å²) in [7, 11) is 0. The van der Waals surface area contributed by atoms with Crippen LogP contribution in [-0.2, 0) is 6.42 Å². The summed E-state index contributed by atoms with van der Waals surface area (Å²) in [6, 6.07) is 7.96. The SMILES string of the molecule is CC#COc1cccc(CC)c1. The first-order chi connectivity index (χ1) is 5.86. The average molecular weight is 160 g/mol. The maximum atomic E-state index is 5.14. The number of benzene rings is 1. The van der Waals surface area contributed by atoms with E-state index in [-0.39, 0.29) is 0 Å². The van der Waals surface area contributed by atoms with Gasteiger partial charge in [0.2, 0.25) is 0 Å². The molecule has 0 aliphatic heterocycles. The normalized spacial score (nSPS) is 8.50. The van der Waals surface area contributed by atoms with Crippen LogP contribution in [0, 0.1) is 12.0 Å². The monoisotopic (exact) mass is 160 g/mol. The van der Waals surface area contributed by atoms with Crippen molar-refractivity contribution in [3.8, 4) is 17.8 Å². The van der Waals surface area contributed by atoms with E-state index in [2.05, 4.69) is 25.0 Å². The van der Waals surface area contributed by atoms with Crippen molar-refractivity contribution in [3.63, 3.8) is 0 Å². The average Bonchev–Trinajstić information content (AvgIpc) is 2.15. The van der Waals surface area contributed by atoms with Crippen molar-refractivity contribution in [3.05, 3.63) is 29.8 Å². The van der Waals surface area contributed by atoms with E-state index in [0.717, 1.165) is 12.2 Å². The molecule has 0 saturated carbocycles. The summed E-state index contributed by atoms with van der Waals surface area (Å²) in [4.78, 5) is 0. The Morgan fingerprint density at radius 2 is 2.25 bits per heavy atom. The number of aryl methyl sites for hydroxylation is 1. The molecule has 1 rings (SSSR count). The first kappa shape index (κ1) is 8.67. The molecule has 62 valence electrons. The predicted molar refractivity (Wildman–Crippen MR) is 49.9 cm³/mol. The summed E-state index contributed by atoms with van der Waals surface area (Å²) in [5, 5.41) is 0. The maximum absolute atomic E-state index is 5.14. The van der Waals surface area contributed by atoms with E-state index in [1.165, 1.54) is 5.56 Å². The summed E-state index contributed by atoms with van der Waals surface area (Å²) < 4.78 is 5.14. The zero-order valence-corrected chi connectivity index (χ0v) is 7.42. The van der Waals surface area contributed by atoms with E-state index < -0.39 is 0 Å². The highest BCUT2D eigenvalue weighted by Gasteiger charge is 1.92. The van der Waals surface area contributed by atoms with Gasteiger partial charge in [-0.15, -0.1) is 0 Å². The lowest BCUT2D eigenvalue weighted by Crippen LogP contribution is -1.84. The largest absolute Gasteiger partial charge is 0.408 e. The molecule has 0 aliphatic carbocycles. The molecular weight excluding hydrogens is 148 g/mol. The first-order valence-corrected chi connectivity index (χ1v) is 4.04. The van der Waals surface area contributed by atoms with E-state index in [0.29, 0.717) is 0 Å². The van der Waals surface area contributed by atoms with Crippen LogP contribution >= 0.6 is 0 Å². The van der Waals surface area contributed by atoms with Crippen LogP contribution in [0.15, 0.2) is 24.3 Å². The number of ether oxygens (including phenoxy) is 1. The minimum Gasteiger partial charge on any atom is -0.408 e. The molecule has 0 heterocycles. The highest BCUT2D eigenvalue weighted by atomic mass is 16.5. The third-order valence-corrected chi connectivity index (χ3v) is 1.58. The van der Waals surface area contributed by atoms with Gasteiger partial charge in [0.1, 0.15) is 11.9 Å². The summed E-state index contributed by atoms with van der Waals surface area (Å²) in [6.45, 7) is 3.87. The van der Waals surface area contributed by atoms with Crippen molar-refractivity contribution in [2.75, 3.05) is 0 Å². The highest BCUT2D eigenvalue weighted by molar-refractivity contribution is 5.29. The lowest BCUT2D eigenvalue weighted by atomic mass is 10.2. The second kappa shape index (κ2) is 4.46. The van der Waals surface area contributed by atoms with E-state index in [9.17, 15) is 0 Å². The molecular formula is C11H12O. The Balaban J connectivity index is 2.77. The molecule has 1 nitrogen and oxygen atoms in total. The van der Waals surface area contributed by atoms with Crippen molar-refractivity contribution in [2.45, 2.75) is 20.3 Å². The van der Waals surface area contributed by atoms with Gasteiger partial charge in [-0.1, -0.05) is 25.0 Å². The zero-order valence-electron chi connectivity index (χ0n) is 7.42. The van der Waals surface area contributed by atoms with Crippen LogP contribution in [0.3, 0.4) is 0 Å². The van der Waals surface area contributed by atoms with Crippen LogP contribution in [0.2, 0.25) is 0 Å². The Labute approximate surface area is 73.4 Å². The topological polar surface area (TPSA) is 9.23 Å². The minimum absolute atomic E-state index is 0.823. The van der Waals surface area contributed by atoms with Gasteiger partial charge >= 0.3 is 0 Å². The third-order valence-electron chi connectivity index (χ3n) is 1.58. The molecule has 1 aromatic carbocycles. The molecule has 0 bridgehead atoms. The fraction of sp³-hybridized carbons (Fsp3) is 0.273. The molecule has 0 aromatic heterocycles. The molecule has 0 atom stereocenters. The van der Waals surface area contributed by atoms with Crippen molar-refractivity contribution in [1.82, 2.24) is 0 Å². The molecule has 0 saturated heterocycles. The van der Waals surface area contributed by atoms with E-state index in [4.69, 9.17) is 4.74 Å². The van der Waals surface area contributed by atoms with Crippen LogP contribution in [-0.4, -0.2) is 0 Å². The maximum Gasteiger partial charge on any atom is 0.140 e. The molecule has 0 fully saturated rings. The van der Waals surface area contributed by atoms with Gasteiger partial charge in [0.05, 0.1) is 0 Å². The van der Waals surface area contributed by atoms with Crippen LogP contribution in [0.1, 0.15) is 19.4 Å². The van der Waals surface area contributed by atoms with Gasteiger partial charge < -0.3 is 4.74 Å². The molecule has 0 spiro atoms. The van der Waals surface area contributed by atoms with Crippen LogP contribution in [0.25, 0.3) is 0 Å². The van der Waals surface area contributed by atoms with Gasteiger partial charge in [0.25, 0.3) is 0 Å². The fourth-order valence-electron chi connectivity index (χ4n) is 0.939. The number of hydrogen-bond acceptors (Lipinski definition) is 1. The Kier molecular flexibility index (Phi) is 3.22. The quantitative estimate of drug-likeness (QED) is 0.604. The summed E-state index contributed by atoms with van der Waals surface area (Å²) in [5.41, 5.74) is 1.27. The fourth-order valence-corrected chi connectivity index (χ4v) is 0.939. The Hall–Kier alpha value is -1.42. The van der Waals surface area contributed by atoms with Gasteiger partial charge in [-0.2, -0.15) is 0 Å². The second-order valence-corrected chi connectivity index (χ2v) is 2.46. The first-order valence-electron chi connectivity index (χ1n) is 4.04. The molecule has 0 N–H and O–H groups in total. The van der Waals surface area contributed by atoms with E-state index in [1.54, 1.807) is 6.92 Å². The van der Waals surface area contributed by atoms with E-state index in [1.807, 2.05) is 18.2 Å². The van der Waals surface area contributed by atoms with Gasteiger partial charge in [-0.25, -0.2) is 0 Å². The Morgan fingerprint density at radius 3 is 2.92 bits per heavy atom. The van der Waals surface area contributed by atoms with Crippen molar-refractivity contribution >= 4 is 0 Å². The summed E-state index contributed by atoms with van der Waals surface area (Å²) in [6.07, 6.45) is 3.59. The third kappa shape index (κ3) is 2.32. The Morgan fingerprint density at radius 1 is 1.42 bits per heavy atom. The Bertz CT molecular complexity index is 304. The van der Waals surface area contributed by atoms with Crippen molar-refractivity contribution < 1.29 is 4.74 Å². The van der Waals surface area contributed by atoms with Crippen LogP contribution in [0.4, 0.5) is 0 Å². The molecule has 1 heteroatoms. The number of hydrogen-bond donors (Lipinski definition) is 0. The molecule has 0 amide bonds. The highest BCUT2D eigenvalue weighted by Crippen LogP contribution is 2.12. The minimum atomic E-state index is 0.823. The van der Waals surface area contributed by atoms with Crippen molar-refractivity contribution in [2.24, 2.45) is 0 Å². The molecule has 12 heavy (non-hydrogen) atoms. The van der Waals surface area contributed by atoms with Gasteiger partial charge in [-0.3, -0.25) is 0 Å². The number of rotatable bonds is 2.